The summed E-state index contributed by atoms with van der Waals surface area (Å²) in [5, 5.41) is 21.9. The minimum Gasteiger partial charge on any atom is -0.508 e. The Kier molecular flexibility index (Phi) is 7.05. The molecular formula is C27H23Cl2NO5. The van der Waals surface area contributed by atoms with Crippen LogP contribution in [0, 0.1) is 6.92 Å². The Hall–Kier alpha value is -3.48. The molecule has 4 rings (SSSR count). The highest BCUT2D eigenvalue weighted by molar-refractivity contribution is 6.52. The molecule has 0 saturated carbocycles. The van der Waals surface area contributed by atoms with Crippen LogP contribution in [0.2, 0.25) is 10.0 Å². The summed E-state index contributed by atoms with van der Waals surface area (Å²) < 4.78 is 5.71. The summed E-state index contributed by atoms with van der Waals surface area (Å²) in [4.78, 5) is 27.7. The quantitative estimate of drug-likeness (QED) is 0.226. The normalized spacial score (nSPS) is 17.1. The molecule has 3 aromatic carbocycles. The molecular weight excluding hydrogens is 489 g/mol. The third kappa shape index (κ3) is 4.72. The number of ether oxygens (including phenoxy) is 1. The minimum absolute atomic E-state index is 0.0458. The average Bonchev–Trinajstić information content (AvgIpc) is 3.10. The van der Waals surface area contributed by atoms with Crippen LogP contribution in [-0.2, 0) is 9.59 Å². The third-order valence-electron chi connectivity index (χ3n) is 5.72. The number of ketones is 1. The van der Waals surface area contributed by atoms with Gasteiger partial charge < -0.3 is 14.9 Å². The number of phenolic OH excluding ortho intramolecular Hbond substituents is 1. The highest BCUT2D eigenvalue weighted by Gasteiger charge is 2.47. The molecule has 8 heteroatoms. The van der Waals surface area contributed by atoms with Crippen LogP contribution in [0.4, 0.5) is 5.69 Å². The fourth-order valence-electron chi connectivity index (χ4n) is 4.07. The number of carbonyl (C=O) groups is 2. The molecule has 6 nitrogen and oxygen atoms in total. The largest absolute Gasteiger partial charge is 0.508 e. The van der Waals surface area contributed by atoms with Gasteiger partial charge in [-0.05, 0) is 73.0 Å². The molecule has 0 aromatic heterocycles. The van der Waals surface area contributed by atoms with Crippen molar-refractivity contribution >= 4 is 46.3 Å². The van der Waals surface area contributed by atoms with Crippen LogP contribution in [0.25, 0.3) is 5.76 Å². The molecule has 1 fully saturated rings. The van der Waals surface area contributed by atoms with Crippen molar-refractivity contribution in [1.82, 2.24) is 0 Å². The third-order valence-corrected chi connectivity index (χ3v) is 6.46. The number of benzene rings is 3. The molecule has 0 spiro atoms. The van der Waals surface area contributed by atoms with E-state index in [9.17, 15) is 19.8 Å². The van der Waals surface area contributed by atoms with E-state index in [2.05, 4.69) is 0 Å². The molecule has 1 aliphatic heterocycles. The van der Waals surface area contributed by atoms with Gasteiger partial charge in [-0.1, -0.05) is 42.3 Å². The molecule has 180 valence electrons. The number of aliphatic hydroxyl groups excluding tert-OH is 1. The molecule has 0 aliphatic carbocycles. The highest BCUT2D eigenvalue weighted by atomic mass is 35.5. The summed E-state index contributed by atoms with van der Waals surface area (Å²) in [5.74, 6) is -1.40. The van der Waals surface area contributed by atoms with Gasteiger partial charge in [0.1, 0.15) is 17.3 Å². The van der Waals surface area contributed by atoms with Gasteiger partial charge in [-0.25, -0.2) is 0 Å². The second kappa shape index (κ2) is 10.0. The van der Waals surface area contributed by atoms with Gasteiger partial charge in [-0.2, -0.15) is 0 Å². The fourth-order valence-corrected chi connectivity index (χ4v) is 4.36. The van der Waals surface area contributed by atoms with Crippen molar-refractivity contribution in [2.24, 2.45) is 0 Å². The molecule has 2 N–H and O–H groups in total. The molecule has 1 aliphatic rings. The van der Waals surface area contributed by atoms with Gasteiger partial charge in [0, 0.05) is 11.3 Å². The lowest BCUT2D eigenvalue weighted by atomic mass is 9.94. The zero-order valence-electron chi connectivity index (χ0n) is 19.1. The van der Waals surface area contributed by atoms with Gasteiger partial charge in [0.15, 0.2) is 0 Å². The van der Waals surface area contributed by atoms with Crippen LogP contribution in [0.1, 0.15) is 36.1 Å². The number of Topliss-reactive ketones (excluding diaryl/α,β-unsaturated/α-hetero) is 1. The van der Waals surface area contributed by atoms with Crippen LogP contribution in [0.5, 0.6) is 11.5 Å². The standard InChI is InChI=1S/C27H23Cl2NO5/c1-3-11-35-22-10-7-17(12-15(22)2)25(32)23-24(16-5-4-6-19(31)13-16)30(27(34)26(23)33)18-8-9-20(28)21(29)14-18/h4-10,12-14,24,31-32H,3,11H2,1-2H3/b25-23+. The second-order valence-electron chi connectivity index (χ2n) is 8.19. The molecule has 0 radical (unpaired) electrons. The Bertz CT molecular complexity index is 1350. The second-order valence-corrected chi connectivity index (χ2v) is 9.01. The van der Waals surface area contributed by atoms with E-state index in [0.29, 0.717) is 34.2 Å². The lowest BCUT2D eigenvalue weighted by molar-refractivity contribution is -0.132. The number of phenols is 1. The van der Waals surface area contributed by atoms with Gasteiger partial charge in [-0.3, -0.25) is 14.5 Å². The van der Waals surface area contributed by atoms with Crippen molar-refractivity contribution in [3.05, 3.63) is 93.0 Å². The SMILES string of the molecule is CCCOc1ccc(/C(O)=C2\C(=O)C(=O)N(c3ccc(Cl)c(Cl)c3)C2c2cccc(O)c2)cc1C. The van der Waals surface area contributed by atoms with Gasteiger partial charge >= 0.3 is 0 Å². The van der Waals surface area contributed by atoms with Crippen LogP contribution in [0.15, 0.2) is 66.2 Å². The summed E-state index contributed by atoms with van der Waals surface area (Å²) in [6.45, 7) is 4.39. The Labute approximate surface area is 213 Å². The van der Waals surface area contributed by atoms with E-state index in [1.54, 1.807) is 36.4 Å². The van der Waals surface area contributed by atoms with Crippen LogP contribution in [-0.4, -0.2) is 28.5 Å². The van der Waals surface area contributed by atoms with E-state index in [1.165, 1.54) is 29.2 Å². The number of aromatic hydroxyl groups is 1. The van der Waals surface area contributed by atoms with Crippen molar-refractivity contribution in [2.45, 2.75) is 26.3 Å². The number of aryl methyl sites for hydroxylation is 1. The van der Waals surface area contributed by atoms with Gasteiger partial charge in [-0.15, -0.1) is 0 Å². The monoisotopic (exact) mass is 511 g/mol. The first-order valence-corrected chi connectivity index (χ1v) is 11.8. The first-order valence-electron chi connectivity index (χ1n) is 11.0. The van der Waals surface area contributed by atoms with Crippen LogP contribution >= 0.6 is 23.2 Å². The molecule has 1 amide bonds. The fraction of sp³-hybridized carbons (Fsp3) is 0.185. The Morgan fingerprint density at radius 3 is 2.46 bits per heavy atom. The molecule has 1 atom stereocenters. The van der Waals surface area contributed by atoms with E-state index in [0.717, 1.165) is 12.0 Å². The van der Waals surface area contributed by atoms with Gasteiger partial charge in [0.25, 0.3) is 11.7 Å². The van der Waals surface area contributed by atoms with Crippen molar-refractivity contribution in [1.29, 1.82) is 0 Å². The number of nitrogens with zero attached hydrogens (tertiary/aromatic N) is 1. The van der Waals surface area contributed by atoms with Crippen molar-refractivity contribution < 1.29 is 24.5 Å². The summed E-state index contributed by atoms with van der Waals surface area (Å²) in [7, 11) is 0. The number of aliphatic hydroxyl groups is 1. The molecule has 1 unspecified atom stereocenters. The topological polar surface area (TPSA) is 87.1 Å². The number of halogens is 2. The number of rotatable bonds is 6. The molecule has 1 saturated heterocycles. The summed E-state index contributed by atoms with van der Waals surface area (Å²) in [5.41, 5.74) is 1.80. The maximum absolute atomic E-state index is 13.3. The van der Waals surface area contributed by atoms with E-state index >= 15 is 0 Å². The Morgan fingerprint density at radius 2 is 1.80 bits per heavy atom. The molecule has 0 bridgehead atoms. The van der Waals surface area contributed by atoms with Gasteiger partial charge in [0.05, 0.1) is 28.3 Å². The molecule has 3 aromatic rings. The molecule has 35 heavy (non-hydrogen) atoms. The summed E-state index contributed by atoms with van der Waals surface area (Å²) >= 11 is 12.2. The Morgan fingerprint density at radius 1 is 1.03 bits per heavy atom. The number of amides is 1. The van der Waals surface area contributed by atoms with Crippen molar-refractivity contribution in [2.75, 3.05) is 11.5 Å². The smallest absolute Gasteiger partial charge is 0.300 e. The van der Waals surface area contributed by atoms with Gasteiger partial charge in [0.2, 0.25) is 0 Å². The first kappa shape index (κ1) is 24.6. The maximum atomic E-state index is 13.3. The first-order chi connectivity index (χ1) is 16.7. The number of hydrogen-bond acceptors (Lipinski definition) is 5. The highest BCUT2D eigenvalue weighted by Crippen LogP contribution is 2.44. The Balaban J connectivity index is 1.89. The zero-order chi connectivity index (χ0) is 25.3. The maximum Gasteiger partial charge on any atom is 0.300 e. The number of anilines is 1. The van der Waals surface area contributed by atoms with E-state index in [1.807, 2.05) is 13.8 Å². The summed E-state index contributed by atoms with van der Waals surface area (Å²) in [6, 6.07) is 14.8. The van der Waals surface area contributed by atoms with Crippen LogP contribution < -0.4 is 9.64 Å². The summed E-state index contributed by atoms with van der Waals surface area (Å²) in [6.07, 6.45) is 0.850. The predicted molar refractivity (Wildman–Crippen MR) is 136 cm³/mol. The van der Waals surface area contributed by atoms with E-state index in [-0.39, 0.29) is 22.1 Å². The average molecular weight is 512 g/mol. The zero-order valence-corrected chi connectivity index (χ0v) is 20.6. The van der Waals surface area contributed by atoms with Crippen LogP contribution in [0.3, 0.4) is 0 Å². The van der Waals surface area contributed by atoms with E-state index in [4.69, 9.17) is 27.9 Å². The van der Waals surface area contributed by atoms with E-state index < -0.39 is 17.7 Å². The number of hydrogen-bond donors (Lipinski definition) is 2. The van der Waals surface area contributed by atoms with Crippen molar-refractivity contribution in [3.8, 4) is 11.5 Å². The minimum atomic E-state index is -1.00. The van der Waals surface area contributed by atoms with Crippen molar-refractivity contribution in [3.63, 3.8) is 0 Å². The number of carbonyl (C=O) groups excluding carboxylic acids is 2. The lowest BCUT2D eigenvalue weighted by Crippen LogP contribution is -2.29. The predicted octanol–water partition coefficient (Wildman–Crippen LogP) is 6.42. The molecule has 1 heterocycles. The lowest BCUT2D eigenvalue weighted by Gasteiger charge is -2.26.